The summed E-state index contributed by atoms with van der Waals surface area (Å²) in [7, 11) is -3.14. The van der Waals surface area contributed by atoms with Gasteiger partial charge in [-0.1, -0.05) is 35.0 Å². The summed E-state index contributed by atoms with van der Waals surface area (Å²) in [5, 5.41) is -0.443. The van der Waals surface area contributed by atoms with Crippen LogP contribution in [0.15, 0.2) is 28.7 Å². The van der Waals surface area contributed by atoms with Crippen LogP contribution in [0, 0.1) is 5.41 Å². The summed E-state index contributed by atoms with van der Waals surface area (Å²) in [5.74, 6) is 0.0486. The number of hydrogen-bond donors (Lipinski definition) is 2. The highest BCUT2D eigenvalue weighted by atomic mass is 79.9. The Morgan fingerprint density at radius 2 is 1.74 bits per heavy atom. The molecule has 19 heavy (non-hydrogen) atoms. The first-order valence-corrected chi connectivity index (χ1v) is 8.81. The average Bonchev–Trinajstić information content (AvgIpc) is 3.10. The van der Waals surface area contributed by atoms with Crippen molar-refractivity contribution in [1.82, 2.24) is 0 Å². The first kappa shape index (κ1) is 15.0. The predicted molar refractivity (Wildman–Crippen MR) is 80.7 cm³/mol. The van der Waals surface area contributed by atoms with Gasteiger partial charge >= 0.3 is 0 Å². The Bertz CT molecular complexity index is 553. The molecule has 0 heterocycles. The van der Waals surface area contributed by atoms with E-state index in [0.29, 0.717) is 13.1 Å². The van der Waals surface area contributed by atoms with Crippen molar-refractivity contribution in [2.45, 2.75) is 18.1 Å². The third kappa shape index (κ3) is 2.35. The minimum Gasteiger partial charge on any atom is -0.330 e. The second-order valence-corrected chi connectivity index (χ2v) is 8.37. The second-order valence-electron chi connectivity index (χ2n) is 5.04. The van der Waals surface area contributed by atoms with Gasteiger partial charge in [0, 0.05) is 34.6 Å². The second kappa shape index (κ2) is 5.16. The smallest absolute Gasteiger partial charge is 0.154 e. The first-order valence-electron chi connectivity index (χ1n) is 6.30. The Morgan fingerprint density at radius 1 is 1.21 bits per heavy atom. The lowest BCUT2D eigenvalue weighted by atomic mass is 9.99. The normalized spacial score (nSPS) is 25.3. The van der Waals surface area contributed by atoms with Gasteiger partial charge in [0.15, 0.2) is 9.84 Å². The van der Waals surface area contributed by atoms with Gasteiger partial charge in [0.2, 0.25) is 0 Å². The van der Waals surface area contributed by atoms with Crippen LogP contribution in [0.3, 0.4) is 0 Å². The fourth-order valence-electron chi connectivity index (χ4n) is 2.94. The third-order valence-corrected chi connectivity index (χ3v) is 7.01. The van der Waals surface area contributed by atoms with Gasteiger partial charge in [-0.25, -0.2) is 8.42 Å². The molecule has 0 unspecified atom stereocenters. The zero-order valence-electron chi connectivity index (χ0n) is 10.8. The highest BCUT2D eigenvalue weighted by Gasteiger charge is 2.68. The Labute approximate surface area is 122 Å². The van der Waals surface area contributed by atoms with Crippen molar-refractivity contribution in [2.75, 3.05) is 18.8 Å². The van der Waals surface area contributed by atoms with E-state index in [2.05, 4.69) is 15.9 Å². The molecule has 1 aromatic rings. The maximum Gasteiger partial charge on any atom is 0.154 e. The van der Waals surface area contributed by atoms with Crippen LogP contribution in [-0.2, 0) is 9.84 Å². The van der Waals surface area contributed by atoms with Crippen LogP contribution < -0.4 is 11.5 Å². The van der Waals surface area contributed by atoms with Gasteiger partial charge in [-0.15, -0.1) is 0 Å². The molecule has 4 N–H and O–H groups in total. The van der Waals surface area contributed by atoms with Crippen molar-refractivity contribution in [1.29, 1.82) is 0 Å². The fourth-order valence-corrected chi connectivity index (χ4v) is 5.39. The largest absolute Gasteiger partial charge is 0.330 e. The van der Waals surface area contributed by atoms with E-state index in [1.54, 1.807) is 6.92 Å². The van der Waals surface area contributed by atoms with Gasteiger partial charge in [0.1, 0.15) is 0 Å². The Kier molecular flexibility index (Phi) is 4.07. The van der Waals surface area contributed by atoms with Gasteiger partial charge in [0.25, 0.3) is 0 Å². The molecule has 2 rings (SSSR count). The molecule has 0 aliphatic heterocycles. The maximum absolute atomic E-state index is 12.2. The molecule has 1 saturated carbocycles. The molecular formula is C13H19BrN2O2S. The Morgan fingerprint density at radius 3 is 2.16 bits per heavy atom. The monoisotopic (exact) mass is 346 g/mol. The first-order chi connectivity index (χ1) is 8.93. The number of benzene rings is 1. The molecule has 6 heteroatoms. The summed E-state index contributed by atoms with van der Waals surface area (Å²) in [6.45, 7) is 2.27. The van der Waals surface area contributed by atoms with Crippen LogP contribution in [-0.4, -0.2) is 32.5 Å². The number of nitrogens with two attached hydrogens (primary N) is 2. The highest BCUT2D eigenvalue weighted by molar-refractivity contribution is 9.10. The molecule has 1 fully saturated rings. The third-order valence-electron chi connectivity index (χ3n) is 4.16. The fraction of sp³-hybridized carbons (Fsp3) is 0.538. The van der Waals surface area contributed by atoms with E-state index in [-0.39, 0.29) is 11.7 Å². The maximum atomic E-state index is 12.2. The van der Waals surface area contributed by atoms with E-state index < -0.39 is 20.5 Å². The van der Waals surface area contributed by atoms with Crippen LogP contribution >= 0.6 is 15.9 Å². The molecule has 2 atom stereocenters. The molecular weight excluding hydrogens is 328 g/mol. The molecule has 0 saturated heterocycles. The van der Waals surface area contributed by atoms with Gasteiger partial charge in [-0.05, 0) is 17.7 Å². The van der Waals surface area contributed by atoms with Crippen molar-refractivity contribution >= 4 is 25.8 Å². The topological polar surface area (TPSA) is 86.2 Å². The standard InChI is InChI=1S/C13H19BrN2O2S/c1-2-19(17,18)12-11(13(12,7-15)8-16)9-3-5-10(14)6-4-9/h3-6,11-12H,2,7-8,15-16H2,1H3/t11-,12+/m0/s1. The summed E-state index contributed by atoms with van der Waals surface area (Å²) in [6.07, 6.45) is 0. The zero-order valence-corrected chi connectivity index (χ0v) is 13.2. The van der Waals surface area contributed by atoms with Crippen molar-refractivity contribution in [2.24, 2.45) is 16.9 Å². The van der Waals surface area contributed by atoms with Gasteiger partial charge < -0.3 is 11.5 Å². The van der Waals surface area contributed by atoms with Crippen molar-refractivity contribution in [3.05, 3.63) is 34.3 Å². The Hall–Kier alpha value is -0.430. The predicted octanol–water partition coefficient (Wildman–Crippen LogP) is 1.25. The quantitative estimate of drug-likeness (QED) is 0.840. The minimum absolute atomic E-state index is 0.0828. The number of rotatable bonds is 5. The summed E-state index contributed by atoms with van der Waals surface area (Å²) in [6, 6.07) is 7.72. The molecule has 1 aliphatic rings. The zero-order chi connectivity index (χ0) is 14.3. The van der Waals surface area contributed by atoms with Crippen LogP contribution in [0.2, 0.25) is 0 Å². The van der Waals surface area contributed by atoms with Crippen LogP contribution in [0.1, 0.15) is 18.4 Å². The van der Waals surface area contributed by atoms with Gasteiger partial charge in [0.05, 0.1) is 5.25 Å². The molecule has 1 aromatic carbocycles. The SMILES string of the molecule is CCS(=O)(=O)[C@@H]1[C@H](c2ccc(Br)cc2)C1(CN)CN. The summed E-state index contributed by atoms with van der Waals surface area (Å²) in [5.41, 5.74) is 12.2. The van der Waals surface area contributed by atoms with Gasteiger partial charge in [-0.2, -0.15) is 0 Å². The van der Waals surface area contributed by atoms with Crippen LogP contribution in [0.25, 0.3) is 0 Å². The van der Waals surface area contributed by atoms with Crippen LogP contribution in [0.4, 0.5) is 0 Å². The molecule has 4 nitrogen and oxygen atoms in total. The minimum atomic E-state index is -3.14. The van der Waals surface area contributed by atoms with Crippen molar-refractivity contribution in [3.8, 4) is 0 Å². The van der Waals surface area contributed by atoms with E-state index in [9.17, 15) is 8.42 Å². The molecule has 1 aliphatic carbocycles. The average molecular weight is 347 g/mol. The van der Waals surface area contributed by atoms with Crippen molar-refractivity contribution < 1.29 is 8.42 Å². The molecule has 0 aromatic heterocycles. The van der Waals surface area contributed by atoms with Crippen molar-refractivity contribution in [3.63, 3.8) is 0 Å². The summed E-state index contributed by atoms with van der Waals surface area (Å²) >= 11 is 3.38. The summed E-state index contributed by atoms with van der Waals surface area (Å²) in [4.78, 5) is 0. The number of halogens is 1. The van der Waals surface area contributed by atoms with E-state index >= 15 is 0 Å². The van der Waals surface area contributed by atoms with Crippen LogP contribution in [0.5, 0.6) is 0 Å². The lowest BCUT2D eigenvalue weighted by Gasteiger charge is -2.12. The molecule has 0 spiro atoms. The molecule has 0 radical (unpaired) electrons. The lowest BCUT2D eigenvalue weighted by Crippen LogP contribution is -2.31. The van der Waals surface area contributed by atoms with E-state index in [4.69, 9.17) is 11.5 Å². The number of hydrogen-bond acceptors (Lipinski definition) is 4. The number of sulfone groups is 1. The van der Waals surface area contributed by atoms with E-state index in [0.717, 1.165) is 10.0 Å². The van der Waals surface area contributed by atoms with Gasteiger partial charge in [-0.3, -0.25) is 0 Å². The summed E-state index contributed by atoms with van der Waals surface area (Å²) < 4.78 is 25.4. The lowest BCUT2D eigenvalue weighted by molar-refractivity contribution is 0.510. The molecule has 0 amide bonds. The highest BCUT2D eigenvalue weighted by Crippen LogP contribution is 2.61. The van der Waals surface area contributed by atoms with E-state index in [1.807, 2.05) is 24.3 Å². The molecule has 0 bridgehead atoms. The Balaban J connectivity index is 2.42. The van der Waals surface area contributed by atoms with E-state index in [1.165, 1.54) is 0 Å². The molecule has 106 valence electrons.